The first kappa shape index (κ1) is 23.8. The second-order valence-electron chi connectivity index (χ2n) is 7.42. The van der Waals surface area contributed by atoms with Crippen LogP contribution in [0.5, 0.6) is 5.75 Å². The molecular formula is C24H22FN3O4S2. The highest BCUT2D eigenvalue weighted by molar-refractivity contribution is 8.00. The summed E-state index contributed by atoms with van der Waals surface area (Å²) in [5, 5.41) is 3.90. The zero-order valence-corrected chi connectivity index (χ0v) is 19.6. The van der Waals surface area contributed by atoms with Crippen molar-refractivity contribution in [1.82, 2.24) is 5.43 Å². The second-order valence-corrected chi connectivity index (χ2v) is 10.4. The Morgan fingerprint density at radius 1 is 1.06 bits per heavy atom. The van der Waals surface area contributed by atoms with E-state index in [9.17, 15) is 17.6 Å². The van der Waals surface area contributed by atoms with E-state index in [2.05, 4.69) is 10.5 Å². The first-order valence-electron chi connectivity index (χ1n) is 10.4. The number of rotatable bonds is 9. The van der Waals surface area contributed by atoms with Gasteiger partial charge in [0.15, 0.2) is 0 Å². The summed E-state index contributed by atoms with van der Waals surface area (Å²) in [6.07, 6.45) is 1.67. The van der Waals surface area contributed by atoms with Crippen LogP contribution in [0.3, 0.4) is 0 Å². The van der Waals surface area contributed by atoms with Gasteiger partial charge in [-0.25, -0.2) is 18.2 Å². The van der Waals surface area contributed by atoms with Crippen LogP contribution in [0, 0.1) is 5.82 Å². The molecule has 0 atom stereocenters. The van der Waals surface area contributed by atoms with Gasteiger partial charge in [0.2, 0.25) is 0 Å². The molecule has 3 aromatic carbocycles. The Morgan fingerprint density at radius 2 is 1.74 bits per heavy atom. The Balaban J connectivity index is 1.45. The van der Waals surface area contributed by atoms with E-state index in [1.807, 2.05) is 23.9 Å². The van der Waals surface area contributed by atoms with E-state index >= 15 is 0 Å². The number of nitrogens with zero attached hydrogens (tertiary/aromatic N) is 2. The largest absolute Gasteiger partial charge is 0.489 e. The normalized spacial score (nSPS) is 13.9. The predicted molar refractivity (Wildman–Crippen MR) is 131 cm³/mol. The first-order valence-corrected chi connectivity index (χ1v) is 13.0. The summed E-state index contributed by atoms with van der Waals surface area (Å²) in [5.74, 6) is 1.25. The zero-order valence-electron chi connectivity index (χ0n) is 18.0. The van der Waals surface area contributed by atoms with Crippen molar-refractivity contribution in [2.45, 2.75) is 11.0 Å². The lowest BCUT2D eigenvalue weighted by Gasteiger charge is -2.25. The minimum Gasteiger partial charge on any atom is -0.489 e. The van der Waals surface area contributed by atoms with Crippen LogP contribution in [-0.2, 0) is 14.8 Å². The van der Waals surface area contributed by atoms with E-state index < -0.39 is 28.3 Å². The lowest BCUT2D eigenvalue weighted by molar-refractivity contribution is -0.119. The van der Waals surface area contributed by atoms with Crippen LogP contribution >= 0.6 is 11.8 Å². The third-order valence-electron chi connectivity index (χ3n) is 4.93. The Morgan fingerprint density at radius 3 is 2.38 bits per heavy atom. The lowest BCUT2D eigenvalue weighted by Crippen LogP contribution is -2.40. The van der Waals surface area contributed by atoms with Gasteiger partial charge in [-0.15, -0.1) is 0 Å². The van der Waals surface area contributed by atoms with Gasteiger partial charge in [0.25, 0.3) is 15.9 Å². The molecule has 1 N–H and O–H groups in total. The maximum Gasteiger partial charge on any atom is 0.264 e. The van der Waals surface area contributed by atoms with Crippen LogP contribution in [0.4, 0.5) is 10.1 Å². The van der Waals surface area contributed by atoms with Gasteiger partial charge in [-0.2, -0.15) is 16.9 Å². The van der Waals surface area contributed by atoms with Gasteiger partial charge in [-0.3, -0.25) is 9.10 Å². The van der Waals surface area contributed by atoms with Crippen LogP contribution < -0.4 is 14.5 Å². The summed E-state index contributed by atoms with van der Waals surface area (Å²) in [4.78, 5) is 12.5. The number of nitrogens with one attached hydrogen (secondary N) is 1. The molecule has 1 amide bonds. The molecule has 0 saturated carbocycles. The summed E-state index contributed by atoms with van der Waals surface area (Å²) < 4.78 is 47.3. The number of carbonyl (C=O) groups excluding carboxylic acids is 1. The van der Waals surface area contributed by atoms with E-state index in [1.165, 1.54) is 36.5 Å². The quantitative estimate of drug-likeness (QED) is 0.359. The molecule has 4 rings (SSSR count). The molecule has 0 spiro atoms. The van der Waals surface area contributed by atoms with Gasteiger partial charge in [-0.05, 0) is 54.1 Å². The van der Waals surface area contributed by atoms with Crippen LogP contribution in [0.25, 0.3) is 0 Å². The van der Waals surface area contributed by atoms with Crippen molar-refractivity contribution in [1.29, 1.82) is 0 Å². The van der Waals surface area contributed by atoms with Crippen molar-refractivity contribution in [2.75, 3.05) is 22.4 Å². The van der Waals surface area contributed by atoms with Crippen molar-refractivity contribution in [3.63, 3.8) is 0 Å². The van der Waals surface area contributed by atoms with Crippen LogP contribution in [0.15, 0.2) is 88.9 Å². The second kappa shape index (κ2) is 10.7. The molecule has 0 bridgehead atoms. The highest BCUT2D eigenvalue weighted by atomic mass is 32.2. The molecule has 10 heteroatoms. The number of hydrogen-bond acceptors (Lipinski definition) is 6. The molecule has 3 aromatic rings. The van der Waals surface area contributed by atoms with E-state index in [1.54, 1.807) is 30.3 Å². The van der Waals surface area contributed by atoms with Crippen LogP contribution in [-0.4, -0.2) is 44.7 Å². The number of hydrazone groups is 1. The van der Waals surface area contributed by atoms with Gasteiger partial charge in [-0.1, -0.05) is 30.3 Å². The van der Waals surface area contributed by atoms with Crippen LogP contribution in [0.1, 0.15) is 5.56 Å². The number of benzene rings is 3. The minimum absolute atomic E-state index is 0.0580. The number of carbonyl (C=O) groups is 1. The standard InChI is InChI=1S/C24H22FN3O4S2/c25-22-8-4-5-9-23(22)28(34(30,31)21-6-2-1-3-7-21)15-24(29)27-26-14-18-10-12-19(13-11-18)32-20-16-33-17-20/h1-14,20H,15-17H2,(H,27,29)/b26-14+. The molecule has 0 unspecified atom stereocenters. The smallest absolute Gasteiger partial charge is 0.264 e. The van der Waals surface area contributed by atoms with E-state index in [-0.39, 0.29) is 16.7 Å². The summed E-state index contributed by atoms with van der Waals surface area (Å²) >= 11 is 1.84. The maximum atomic E-state index is 14.5. The average Bonchev–Trinajstić information content (AvgIpc) is 2.82. The molecule has 0 radical (unpaired) electrons. The number of thioether (sulfide) groups is 1. The van der Waals surface area contributed by atoms with Gasteiger partial charge in [0, 0.05) is 11.5 Å². The summed E-state index contributed by atoms with van der Waals surface area (Å²) in [6.45, 7) is -0.651. The average molecular weight is 500 g/mol. The number of hydrogen-bond donors (Lipinski definition) is 1. The number of anilines is 1. The highest BCUT2D eigenvalue weighted by Crippen LogP contribution is 2.26. The Hall–Kier alpha value is -3.37. The van der Waals surface area contributed by atoms with Gasteiger partial charge >= 0.3 is 0 Å². The zero-order chi connectivity index (χ0) is 24.0. The number of para-hydroxylation sites is 1. The molecule has 0 aromatic heterocycles. The fraction of sp³-hybridized carbons (Fsp3) is 0.167. The molecule has 34 heavy (non-hydrogen) atoms. The molecule has 1 aliphatic rings. The van der Waals surface area contributed by atoms with Gasteiger partial charge in [0.1, 0.15) is 24.2 Å². The van der Waals surface area contributed by atoms with E-state index in [0.717, 1.165) is 33.2 Å². The molecule has 176 valence electrons. The van der Waals surface area contributed by atoms with Crippen molar-refractivity contribution >= 4 is 39.6 Å². The number of ether oxygens (including phenoxy) is 1. The Labute approximate surface area is 201 Å². The molecule has 7 nitrogen and oxygen atoms in total. The van der Waals surface area contributed by atoms with Crippen molar-refractivity contribution in [3.05, 3.63) is 90.2 Å². The van der Waals surface area contributed by atoms with Crippen molar-refractivity contribution in [3.8, 4) is 5.75 Å². The fourth-order valence-corrected chi connectivity index (χ4v) is 5.14. The van der Waals surface area contributed by atoms with Gasteiger partial charge in [0.05, 0.1) is 16.8 Å². The highest BCUT2D eigenvalue weighted by Gasteiger charge is 2.29. The molecule has 1 fully saturated rings. The third-order valence-corrected chi connectivity index (χ3v) is 7.92. The number of halogens is 1. The van der Waals surface area contributed by atoms with E-state index in [4.69, 9.17) is 4.74 Å². The SMILES string of the molecule is O=C(CN(c1ccccc1F)S(=O)(=O)c1ccccc1)N/N=C/c1ccc(OC2CSC2)cc1. The van der Waals surface area contributed by atoms with Crippen molar-refractivity contribution in [2.24, 2.45) is 5.10 Å². The minimum atomic E-state index is -4.20. The van der Waals surface area contributed by atoms with E-state index in [0.29, 0.717) is 0 Å². The summed E-state index contributed by atoms with van der Waals surface area (Å²) in [5.41, 5.74) is 2.80. The summed E-state index contributed by atoms with van der Waals surface area (Å²) in [7, 11) is -4.20. The first-order chi connectivity index (χ1) is 16.4. The summed E-state index contributed by atoms with van der Waals surface area (Å²) in [6, 6.07) is 20.1. The molecule has 1 heterocycles. The third kappa shape index (κ3) is 5.75. The monoisotopic (exact) mass is 499 g/mol. The Kier molecular flexibility index (Phi) is 7.49. The van der Waals surface area contributed by atoms with Gasteiger partial charge < -0.3 is 4.74 Å². The molecule has 0 aliphatic carbocycles. The number of sulfonamides is 1. The number of amides is 1. The molecule has 1 aliphatic heterocycles. The maximum absolute atomic E-state index is 14.5. The fourth-order valence-electron chi connectivity index (χ4n) is 3.12. The van der Waals surface area contributed by atoms with Crippen molar-refractivity contribution < 1.29 is 22.3 Å². The molecular weight excluding hydrogens is 477 g/mol. The topological polar surface area (TPSA) is 88.1 Å². The lowest BCUT2D eigenvalue weighted by atomic mass is 10.2. The Bertz CT molecular complexity index is 1260. The molecule has 1 saturated heterocycles. The van der Waals surface area contributed by atoms with Crippen LogP contribution in [0.2, 0.25) is 0 Å². The predicted octanol–water partition coefficient (Wildman–Crippen LogP) is 3.67.